The number of ether oxygens (including phenoxy) is 11. The molecule has 6 aliphatic rings. The first-order valence-electron chi connectivity index (χ1n) is 22.6. The highest BCUT2D eigenvalue weighted by molar-refractivity contribution is 5.66. The highest BCUT2D eigenvalue weighted by Gasteiger charge is 2.59. The van der Waals surface area contributed by atoms with Gasteiger partial charge in [0.05, 0.1) is 69.3 Å². The van der Waals surface area contributed by atoms with E-state index in [2.05, 4.69) is 0 Å². The molecule has 4 unspecified atom stereocenters. The SMILES string of the molecule is CC(=O)O[C@@]1(CO)O[C@H](OC2[C@@H](CO)O[C@@H](OC3[C@@H](CO)O[C@@H](O)[C@H](N)[C@H]3O)[C@H](N)[C@H]2O)[C@H](N)[C@@H](O)[C@@H]1O.N[C@H]1[C@H](OC2[C@@H](CO)O[C@@H](OC3[C@@H](CO)O[C@@H](O)[C@H](N)[C@H]3O)[C@H](N)[C@H]2O)O[C@H](CO)[C@@H](O)[C@@H]1O. The van der Waals surface area contributed by atoms with Crippen LogP contribution in [0.2, 0.25) is 0 Å². The van der Waals surface area contributed by atoms with Crippen LogP contribution in [-0.4, -0.2) is 311 Å². The molecule has 0 aliphatic carbocycles. The highest BCUT2D eigenvalue weighted by atomic mass is 16.8. The van der Waals surface area contributed by atoms with Gasteiger partial charge in [-0.25, -0.2) is 0 Å². The van der Waals surface area contributed by atoms with E-state index in [0.717, 1.165) is 6.92 Å². The van der Waals surface area contributed by atoms with Crippen molar-refractivity contribution < 1.29 is 139 Å². The fraction of sp³-hybridized carbons (Fsp3) is 0.974. The van der Waals surface area contributed by atoms with E-state index < -0.39 is 229 Å². The van der Waals surface area contributed by atoms with Crippen LogP contribution in [0.25, 0.3) is 0 Å². The van der Waals surface area contributed by atoms with Crippen molar-refractivity contribution in [1.82, 2.24) is 0 Å². The fourth-order valence-electron chi connectivity index (χ4n) is 8.73. The summed E-state index contributed by atoms with van der Waals surface area (Å²) in [6.45, 7) is -3.62. The molecule has 30 atom stereocenters. The topological polar surface area (TPSA) is 598 Å². The minimum absolute atomic E-state index is 0.651. The lowest BCUT2D eigenvalue weighted by Crippen LogP contribution is -2.72. The molecule has 0 radical (unpaired) electrons. The second-order valence-electron chi connectivity index (χ2n) is 18.0. The first-order chi connectivity index (χ1) is 33.9. The Morgan fingerprint density at radius 3 is 1.07 bits per heavy atom. The Morgan fingerprint density at radius 2 is 0.722 bits per heavy atom. The smallest absolute Gasteiger partial charge is 0.305 e. The minimum atomic E-state index is -2.46. The van der Waals surface area contributed by atoms with E-state index in [-0.39, 0.29) is 0 Å². The summed E-state index contributed by atoms with van der Waals surface area (Å²) in [5.41, 5.74) is 35.3. The van der Waals surface area contributed by atoms with Crippen molar-refractivity contribution in [2.75, 3.05) is 39.6 Å². The number of hydrogen-bond donors (Lipinski definition) is 22. The molecule has 6 rings (SSSR count). The lowest BCUT2D eigenvalue weighted by Gasteiger charge is -2.50. The van der Waals surface area contributed by atoms with E-state index in [1.54, 1.807) is 0 Å². The van der Waals surface area contributed by atoms with Gasteiger partial charge in [0, 0.05) is 6.92 Å². The molecule has 0 aromatic carbocycles. The quantitative estimate of drug-likeness (QED) is 0.0677. The number of aliphatic hydroxyl groups excluding tert-OH is 16. The third-order valence-corrected chi connectivity index (χ3v) is 13.1. The molecule has 0 saturated carbocycles. The van der Waals surface area contributed by atoms with Gasteiger partial charge in [0.25, 0.3) is 5.79 Å². The van der Waals surface area contributed by atoms with Crippen molar-refractivity contribution in [3.8, 4) is 0 Å². The van der Waals surface area contributed by atoms with Gasteiger partial charge >= 0.3 is 5.97 Å². The summed E-state index contributed by atoms with van der Waals surface area (Å²) in [5, 5.41) is 161. The molecule has 0 aromatic heterocycles. The largest absolute Gasteiger partial charge is 0.428 e. The molecule has 72 heavy (non-hydrogen) atoms. The predicted octanol–water partition coefficient (Wildman–Crippen LogP) is -15.5. The molecular formula is C38H72N6O28. The van der Waals surface area contributed by atoms with Crippen LogP contribution < -0.4 is 34.4 Å². The first kappa shape index (κ1) is 61.0. The monoisotopic (exact) mass is 1060 g/mol. The van der Waals surface area contributed by atoms with Crippen LogP contribution in [-0.2, 0) is 56.9 Å². The van der Waals surface area contributed by atoms with Crippen LogP contribution >= 0.6 is 0 Å². The summed E-state index contributed by atoms with van der Waals surface area (Å²) in [6.07, 6.45) is -34.2. The Labute approximate surface area is 408 Å². The van der Waals surface area contributed by atoms with Gasteiger partial charge in [0.2, 0.25) is 0 Å². The van der Waals surface area contributed by atoms with Crippen molar-refractivity contribution in [2.24, 2.45) is 34.4 Å². The summed E-state index contributed by atoms with van der Waals surface area (Å²) in [7, 11) is 0. The van der Waals surface area contributed by atoms with Gasteiger partial charge in [-0.15, -0.1) is 0 Å². The van der Waals surface area contributed by atoms with Crippen molar-refractivity contribution in [3.05, 3.63) is 0 Å². The van der Waals surface area contributed by atoms with Gasteiger partial charge in [0.15, 0.2) is 37.7 Å². The molecule has 6 aliphatic heterocycles. The van der Waals surface area contributed by atoms with Crippen LogP contribution in [0, 0.1) is 0 Å². The number of nitrogens with two attached hydrogens (primary N) is 6. The van der Waals surface area contributed by atoms with E-state index in [1.165, 1.54) is 0 Å². The van der Waals surface area contributed by atoms with E-state index >= 15 is 0 Å². The highest BCUT2D eigenvalue weighted by Crippen LogP contribution is 2.36. The fourth-order valence-corrected chi connectivity index (χ4v) is 8.73. The molecule has 0 amide bonds. The minimum Gasteiger partial charge on any atom is -0.428 e. The molecule has 34 heteroatoms. The van der Waals surface area contributed by atoms with Gasteiger partial charge in [-0.1, -0.05) is 0 Å². The van der Waals surface area contributed by atoms with Crippen LogP contribution in [0.15, 0.2) is 0 Å². The number of hydrogen-bond acceptors (Lipinski definition) is 34. The zero-order valence-corrected chi connectivity index (χ0v) is 38.5. The summed E-state index contributed by atoms with van der Waals surface area (Å²) in [5.74, 6) is -3.44. The molecular weight excluding hydrogens is 988 g/mol. The molecule has 0 bridgehead atoms. The van der Waals surface area contributed by atoms with Crippen LogP contribution in [0.4, 0.5) is 0 Å². The molecule has 0 spiro atoms. The maximum Gasteiger partial charge on any atom is 0.305 e. The Balaban J connectivity index is 0.000000269. The summed E-state index contributed by atoms with van der Waals surface area (Å²) in [4.78, 5) is 11.5. The van der Waals surface area contributed by atoms with E-state index in [1.807, 2.05) is 0 Å². The number of carbonyl (C=O) groups excluding carboxylic acids is 1. The maximum atomic E-state index is 11.5. The van der Waals surface area contributed by atoms with Gasteiger partial charge in [-0.2, -0.15) is 0 Å². The Morgan fingerprint density at radius 1 is 0.417 bits per heavy atom. The number of rotatable bonds is 15. The summed E-state index contributed by atoms with van der Waals surface area (Å²) >= 11 is 0. The van der Waals surface area contributed by atoms with Crippen molar-refractivity contribution in [3.63, 3.8) is 0 Å². The summed E-state index contributed by atoms with van der Waals surface area (Å²) in [6, 6.07) is -8.11. The zero-order valence-electron chi connectivity index (χ0n) is 38.5. The Kier molecular flexibility index (Phi) is 22.1. The maximum absolute atomic E-state index is 11.5. The predicted molar refractivity (Wildman–Crippen MR) is 225 cm³/mol. The molecule has 422 valence electrons. The standard InChI is InChI=1S/C20H37N3O15.C18H35N3O13/c1-5(27)37-20(4-26)16(31)13(30)10(23)19(38-20)36-15-7(3-25)34-18(9(22)12(15)29)35-14-6(2-24)33-17(32)8(21)11(14)28;19-7-12(27)14(5(2-23)30-16(7)29)33-18-9(21)13(28)15(6(3-24)32-18)34-17-8(20)11(26)10(25)4(1-22)31-17/h6-19,24-26,28-32H,2-4,21-23H2,1H3;4-18,22-29H,1-3,19-21H2/t6-,7-,8-,9-,10-,11-,12-,13-,14?,15?,16+,17-,18+,19+,20+;4-,5-,6-,7-,8-,9-,10-,11-,12-,13-,14?,15?,16-,17+,18+/m11/s1. The zero-order chi connectivity index (χ0) is 53.8. The van der Waals surface area contributed by atoms with E-state index in [9.17, 15) is 86.5 Å². The van der Waals surface area contributed by atoms with Crippen LogP contribution in [0.3, 0.4) is 0 Å². The molecule has 28 N–H and O–H groups in total. The molecule has 0 aromatic rings. The van der Waals surface area contributed by atoms with Crippen LogP contribution in [0.5, 0.6) is 0 Å². The lowest BCUT2D eigenvalue weighted by molar-refractivity contribution is -0.399. The molecule has 6 saturated heterocycles. The Bertz CT molecular complexity index is 1670. The number of aliphatic hydroxyl groups is 16. The molecule has 6 fully saturated rings. The second kappa shape index (κ2) is 26.0. The van der Waals surface area contributed by atoms with Crippen molar-refractivity contribution in [2.45, 2.75) is 190 Å². The average molecular weight is 1060 g/mol. The third-order valence-electron chi connectivity index (χ3n) is 13.1. The second-order valence-corrected chi connectivity index (χ2v) is 18.0. The number of carbonyl (C=O) groups is 1. The van der Waals surface area contributed by atoms with Gasteiger partial charge in [0.1, 0.15) is 110 Å². The Hall–Kier alpha value is -1.81. The van der Waals surface area contributed by atoms with Crippen molar-refractivity contribution >= 4 is 5.97 Å². The number of esters is 1. The molecule has 34 nitrogen and oxygen atoms in total. The summed E-state index contributed by atoms with van der Waals surface area (Å²) < 4.78 is 59.8. The lowest BCUT2D eigenvalue weighted by atomic mass is 9.93. The molecule has 6 heterocycles. The van der Waals surface area contributed by atoms with Gasteiger partial charge in [-0.05, 0) is 0 Å². The first-order valence-corrected chi connectivity index (χ1v) is 22.6. The van der Waals surface area contributed by atoms with Gasteiger partial charge in [-0.3, -0.25) is 4.79 Å². The normalized spacial score (nSPS) is 51.2. The van der Waals surface area contributed by atoms with E-state index in [0.29, 0.717) is 0 Å². The van der Waals surface area contributed by atoms with E-state index in [4.69, 9.17) is 86.5 Å². The van der Waals surface area contributed by atoms with Crippen LogP contribution in [0.1, 0.15) is 6.92 Å². The average Bonchev–Trinajstić information content (AvgIpc) is 3.36. The van der Waals surface area contributed by atoms with Gasteiger partial charge < -0.3 is 168 Å². The third kappa shape index (κ3) is 12.8. The van der Waals surface area contributed by atoms with Crippen molar-refractivity contribution in [1.29, 1.82) is 0 Å².